The highest BCUT2D eigenvalue weighted by molar-refractivity contribution is 5.76. The van der Waals surface area contributed by atoms with E-state index in [-0.39, 0.29) is 11.3 Å². The van der Waals surface area contributed by atoms with Crippen LogP contribution in [0.2, 0.25) is 0 Å². The minimum Gasteiger partial charge on any atom is -0.469 e. The molecule has 4 heteroatoms. The molecule has 1 fully saturated rings. The van der Waals surface area contributed by atoms with E-state index < -0.39 is 0 Å². The second-order valence-corrected chi connectivity index (χ2v) is 7.07. The summed E-state index contributed by atoms with van der Waals surface area (Å²) in [6.07, 6.45) is 5.53. The lowest BCUT2D eigenvalue weighted by Gasteiger charge is -2.39. The van der Waals surface area contributed by atoms with Gasteiger partial charge in [0.15, 0.2) is 0 Å². The Hall–Kier alpha value is -1.29. The Kier molecular flexibility index (Phi) is 3.36. The molecule has 1 amide bonds. The molecule has 1 N–H and O–H groups in total. The fourth-order valence-electron chi connectivity index (χ4n) is 3.56. The summed E-state index contributed by atoms with van der Waals surface area (Å²) >= 11 is 0. The normalized spacial score (nSPS) is 29.4. The van der Waals surface area contributed by atoms with Crippen molar-refractivity contribution in [2.24, 2.45) is 5.41 Å². The fourth-order valence-corrected chi connectivity index (χ4v) is 3.56. The van der Waals surface area contributed by atoms with Crippen molar-refractivity contribution < 1.29 is 9.21 Å². The molecule has 20 heavy (non-hydrogen) atoms. The maximum Gasteiger partial charge on any atom is 0.222 e. The topological polar surface area (TPSA) is 45.5 Å². The Labute approximate surface area is 120 Å². The van der Waals surface area contributed by atoms with Crippen LogP contribution in [0, 0.1) is 5.41 Å². The van der Waals surface area contributed by atoms with E-state index in [1.807, 2.05) is 11.9 Å². The first-order chi connectivity index (χ1) is 9.44. The Morgan fingerprint density at radius 3 is 3.00 bits per heavy atom. The van der Waals surface area contributed by atoms with Crippen molar-refractivity contribution in [3.05, 3.63) is 23.7 Å². The molecular weight excluding hydrogens is 252 g/mol. The first kappa shape index (κ1) is 13.7. The fraction of sp³-hybridized carbons (Fsp3) is 0.688. The van der Waals surface area contributed by atoms with Gasteiger partial charge in [-0.15, -0.1) is 0 Å². The monoisotopic (exact) mass is 276 g/mol. The zero-order valence-corrected chi connectivity index (χ0v) is 12.6. The zero-order valence-electron chi connectivity index (χ0n) is 12.6. The third-order valence-electron chi connectivity index (χ3n) is 4.61. The van der Waals surface area contributed by atoms with E-state index >= 15 is 0 Å². The van der Waals surface area contributed by atoms with Gasteiger partial charge in [0.25, 0.3) is 0 Å². The molecule has 0 radical (unpaired) electrons. The van der Waals surface area contributed by atoms with E-state index in [2.05, 4.69) is 25.2 Å². The van der Waals surface area contributed by atoms with Gasteiger partial charge in [0.05, 0.1) is 6.26 Å². The summed E-state index contributed by atoms with van der Waals surface area (Å²) in [6, 6.07) is 2.83. The summed E-state index contributed by atoms with van der Waals surface area (Å²) in [5, 5.41) is 3.75. The Balaban J connectivity index is 1.73. The SMILES string of the molecule is CN1CC(NC2CC(C)(C)Cc3occc32)CCC1=O. The Morgan fingerprint density at radius 1 is 1.45 bits per heavy atom. The lowest BCUT2D eigenvalue weighted by molar-refractivity contribution is -0.132. The minimum absolute atomic E-state index is 0.260. The molecule has 0 spiro atoms. The molecule has 1 aliphatic heterocycles. The quantitative estimate of drug-likeness (QED) is 0.902. The van der Waals surface area contributed by atoms with Gasteiger partial charge >= 0.3 is 0 Å². The van der Waals surface area contributed by atoms with E-state index in [0.29, 0.717) is 18.5 Å². The molecule has 2 aliphatic rings. The van der Waals surface area contributed by atoms with Crippen molar-refractivity contribution in [3.63, 3.8) is 0 Å². The summed E-state index contributed by atoms with van der Waals surface area (Å²) in [4.78, 5) is 13.4. The molecule has 3 rings (SSSR count). The summed E-state index contributed by atoms with van der Waals surface area (Å²) < 4.78 is 5.64. The number of furan rings is 1. The van der Waals surface area contributed by atoms with Crippen LogP contribution in [-0.4, -0.2) is 30.4 Å². The molecule has 1 aromatic rings. The van der Waals surface area contributed by atoms with Crippen molar-refractivity contribution in [2.45, 2.75) is 51.6 Å². The molecule has 4 nitrogen and oxygen atoms in total. The van der Waals surface area contributed by atoms with Crippen molar-refractivity contribution in [3.8, 4) is 0 Å². The van der Waals surface area contributed by atoms with Crippen molar-refractivity contribution in [1.29, 1.82) is 0 Å². The molecule has 0 saturated carbocycles. The van der Waals surface area contributed by atoms with Gasteiger partial charge in [0.1, 0.15) is 5.76 Å². The number of carbonyl (C=O) groups is 1. The molecular formula is C16H24N2O2. The van der Waals surface area contributed by atoms with Gasteiger partial charge in [-0.2, -0.15) is 0 Å². The van der Waals surface area contributed by atoms with Crippen LogP contribution in [0.25, 0.3) is 0 Å². The zero-order chi connectivity index (χ0) is 14.3. The highest BCUT2D eigenvalue weighted by Crippen LogP contribution is 2.41. The molecule has 1 aromatic heterocycles. The molecule has 1 aliphatic carbocycles. The van der Waals surface area contributed by atoms with Crippen molar-refractivity contribution >= 4 is 5.91 Å². The largest absolute Gasteiger partial charge is 0.469 e. The number of hydrogen-bond donors (Lipinski definition) is 1. The smallest absolute Gasteiger partial charge is 0.222 e. The van der Waals surface area contributed by atoms with Gasteiger partial charge in [-0.05, 0) is 24.3 Å². The third-order valence-corrected chi connectivity index (χ3v) is 4.61. The van der Waals surface area contributed by atoms with E-state index in [4.69, 9.17) is 4.42 Å². The van der Waals surface area contributed by atoms with Crippen LogP contribution in [0.15, 0.2) is 16.7 Å². The number of amides is 1. The van der Waals surface area contributed by atoms with Crippen LogP contribution in [0.5, 0.6) is 0 Å². The van der Waals surface area contributed by atoms with Crippen molar-refractivity contribution in [2.75, 3.05) is 13.6 Å². The third kappa shape index (κ3) is 2.62. The van der Waals surface area contributed by atoms with Gasteiger partial charge in [0.2, 0.25) is 5.91 Å². The van der Waals surface area contributed by atoms with Crippen LogP contribution in [0.1, 0.15) is 50.5 Å². The van der Waals surface area contributed by atoms with Crippen molar-refractivity contribution in [1.82, 2.24) is 10.2 Å². The summed E-state index contributed by atoms with van der Waals surface area (Å²) in [5.41, 5.74) is 1.57. The van der Waals surface area contributed by atoms with Gasteiger partial charge in [-0.25, -0.2) is 0 Å². The Bertz CT molecular complexity index is 506. The van der Waals surface area contributed by atoms with E-state index in [9.17, 15) is 4.79 Å². The number of rotatable bonds is 2. The molecule has 110 valence electrons. The minimum atomic E-state index is 0.260. The maximum absolute atomic E-state index is 11.6. The lowest BCUT2D eigenvalue weighted by atomic mass is 9.74. The number of fused-ring (bicyclic) bond motifs is 1. The average Bonchev–Trinajstić information content (AvgIpc) is 2.80. The van der Waals surface area contributed by atoms with Gasteiger partial charge in [0, 0.05) is 44.1 Å². The maximum atomic E-state index is 11.6. The number of hydrogen-bond acceptors (Lipinski definition) is 3. The predicted octanol–water partition coefficient (Wildman–Crippen LogP) is 2.50. The van der Waals surface area contributed by atoms with E-state index in [1.54, 1.807) is 6.26 Å². The number of likely N-dealkylation sites (N-methyl/N-ethyl adjacent to an activating group) is 1. The number of nitrogens with zero attached hydrogens (tertiary/aromatic N) is 1. The van der Waals surface area contributed by atoms with Crippen LogP contribution in [0.3, 0.4) is 0 Å². The van der Waals surface area contributed by atoms with E-state index in [0.717, 1.165) is 31.6 Å². The lowest BCUT2D eigenvalue weighted by Crippen LogP contribution is -2.48. The average molecular weight is 276 g/mol. The molecule has 1 saturated heterocycles. The summed E-state index contributed by atoms with van der Waals surface area (Å²) in [7, 11) is 1.89. The first-order valence-electron chi connectivity index (χ1n) is 7.51. The van der Waals surface area contributed by atoms with Crippen LogP contribution >= 0.6 is 0 Å². The van der Waals surface area contributed by atoms with E-state index in [1.165, 1.54) is 5.56 Å². The number of likely N-dealkylation sites (tertiary alicyclic amines) is 1. The number of carbonyl (C=O) groups excluding carboxylic acids is 1. The standard InChI is InChI=1S/C16H24N2O2/c1-16(2)8-13(12-6-7-20-14(12)9-16)17-11-4-5-15(19)18(3)10-11/h6-7,11,13,17H,4-5,8-10H2,1-3H3. The van der Waals surface area contributed by atoms with Gasteiger partial charge in [-0.3, -0.25) is 4.79 Å². The highest BCUT2D eigenvalue weighted by Gasteiger charge is 2.36. The first-order valence-corrected chi connectivity index (χ1v) is 7.51. The van der Waals surface area contributed by atoms with Gasteiger partial charge in [-0.1, -0.05) is 13.8 Å². The second-order valence-electron chi connectivity index (χ2n) is 7.07. The molecule has 0 bridgehead atoms. The van der Waals surface area contributed by atoms with Crippen LogP contribution in [0.4, 0.5) is 0 Å². The highest BCUT2D eigenvalue weighted by atomic mass is 16.3. The van der Waals surface area contributed by atoms with Crippen LogP contribution in [-0.2, 0) is 11.2 Å². The Morgan fingerprint density at radius 2 is 2.25 bits per heavy atom. The number of piperidine rings is 1. The van der Waals surface area contributed by atoms with Gasteiger partial charge < -0.3 is 14.6 Å². The summed E-state index contributed by atoms with van der Waals surface area (Å²) in [6.45, 7) is 5.40. The predicted molar refractivity (Wildman–Crippen MR) is 77.3 cm³/mol. The van der Waals surface area contributed by atoms with Crippen LogP contribution < -0.4 is 5.32 Å². The molecule has 2 atom stereocenters. The molecule has 0 aromatic carbocycles. The molecule has 2 heterocycles. The molecule has 2 unspecified atom stereocenters. The summed E-state index contributed by atoms with van der Waals surface area (Å²) in [5.74, 6) is 1.38. The second kappa shape index (κ2) is 4.92. The number of nitrogens with one attached hydrogen (secondary N) is 1.